The minimum atomic E-state index is -0.827. The molecule has 0 spiro atoms. The topological polar surface area (TPSA) is 59.3 Å². The van der Waals surface area contributed by atoms with Gasteiger partial charge in [-0.3, -0.25) is 9.59 Å². The van der Waals surface area contributed by atoms with Gasteiger partial charge in [-0.05, 0) is 49.2 Å². The Hall–Kier alpha value is -2.07. The van der Waals surface area contributed by atoms with Crippen molar-refractivity contribution in [1.82, 2.24) is 4.57 Å². The quantitative estimate of drug-likeness (QED) is 0.878. The van der Waals surface area contributed by atoms with E-state index in [0.29, 0.717) is 29.2 Å². The van der Waals surface area contributed by atoms with Crippen LogP contribution >= 0.6 is 11.6 Å². The van der Waals surface area contributed by atoms with E-state index in [9.17, 15) is 14.7 Å². The predicted molar refractivity (Wildman–Crippen MR) is 83.5 cm³/mol. The molecule has 1 aliphatic rings. The molecule has 5 heteroatoms. The number of aliphatic carboxylic acids is 1. The highest BCUT2D eigenvalue weighted by Crippen LogP contribution is 2.29. The van der Waals surface area contributed by atoms with E-state index in [1.165, 1.54) is 0 Å². The van der Waals surface area contributed by atoms with Crippen molar-refractivity contribution in [3.8, 4) is 0 Å². The molecule has 2 aromatic rings. The van der Waals surface area contributed by atoms with E-state index in [1.54, 1.807) is 36.4 Å². The number of hydrogen-bond acceptors (Lipinski definition) is 2. The van der Waals surface area contributed by atoms with Gasteiger partial charge in [0, 0.05) is 22.8 Å². The molecule has 1 atom stereocenters. The van der Waals surface area contributed by atoms with Crippen LogP contribution in [0.5, 0.6) is 0 Å². The van der Waals surface area contributed by atoms with Crippen molar-refractivity contribution >= 4 is 23.4 Å². The Morgan fingerprint density at radius 3 is 2.50 bits per heavy atom. The lowest BCUT2D eigenvalue weighted by Gasteiger charge is -2.13. The van der Waals surface area contributed by atoms with Crippen LogP contribution in [0.2, 0.25) is 5.02 Å². The number of carbonyl (C=O) groups excluding carboxylic acids is 1. The van der Waals surface area contributed by atoms with E-state index >= 15 is 0 Å². The van der Waals surface area contributed by atoms with Gasteiger partial charge in [-0.1, -0.05) is 18.0 Å². The fourth-order valence-corrected chi connectivity index (χ4v) is 3.13. The Balaban J connectivity index is 2.00. The van der Waals surface area contributed by atoms with Gasteiger partial charge in [-0.15, -0.1) is 0 Å². The van der Waals surface area contributed by atoms with Gasteiger partial charge < -0.3 is 9.67 Å². The summed E-state index contributed by atoms with van der Waals surface area (Å²) in [5.74, 6) is -1.46. The van der Waals surface area contributed by atoms with E-state index in [2.05, 4.69) is 0 Å². The Morgan fingerprint density at radius 2 is 1.82 bits per heavy atom. The lowest BCUT2D eigenvalue weighted by Crippen LogP contribution is -2.16. The van der Waals surface area contributed by atoms with Crippen LogP contribution in [-0.4, -0.2) is 21.4 Å². The first-order valence-corrected chi connectivity index (χ1v) is 7.68. The van der Waals surface area contributed by atoms with Crippen LogP contribution in [0, 0.1) is 0 Å². The third kappa shape index (κ3) is 2.66. The SMILES string of the molecule is O=C(c1ccc(Cl)cc1)c1ccc2n1CCCCC2C(=O)O. The average molecular weight is 318 g/mol. The zero-order chi connectivity index (χ0) is 15.7. The van der Waals surface area contributed by atoms with Crippen molar-refractivity contribution in [2.45, 2.75) is 31.7 Å². The van der Waals surface area contributed by atoms with Gasteiger partial charge in [0.05, 0.1) is 11.6 Å². The molecule has 1 aliphatic heterocycles. The highest BCUT2D eigenvalue weighted by Gasteiger charge is 2.28. The average Bonchev–Trinajstić information content (AvgIpc) is 2.79. The number of ketones is 1. The van der Waals surface area contributed by atoms with Gasteiger partial charge in [0.15, 0.2) is 0 Å². The summed E-state index contributed by atoms with van der Waals surface area (Å²) in [7, 11) is 0. The lowest BCUT2D eigenvalue weighted by atomic mass is 10.0. The molecule has 114 valence electrons. The highest BCUT2D eigenvalue weighted by molar-refractivity contribution is 6.30. The smallest absolute Gasteiger partial charge is 0.312 e. The fraction of sp³-hybridized carbons (Fsp3) is 0.294. The molecule has 2 heterocycles. The second-order valence-corrected chi connectivity index (χ2v) is 5.95. The molecule has 0 saturated heterocycles. The second kappa shape index (κ2) is 5.97. The van der Waals surface area contributed by atoms with Crippen molar-refractivity contribution < 1.29 is 14.7 Å². The molecule has 0 aliphatic carbocycles. The molecule has 22 heavy (non-hydrogen) atoms. The number of nitrogens with zero attached hydrogens (tertiary/aromatic N) is 1. The molecule has 0 radical (unpaired) electrons. The van der Waals surface area contributed by atoms with Crippen molar-refractivity contribution in [3.63, 3.8) is 0 Å². The maximum Gasteiger partial charge on any atom is 0.312 e. The summed E-state index contributed by atoms with van der Waals surface area (Å²) in [6, 6.07) is 10.2. The van der Waals surface area contributed by atoms with Gasteiger partial charge in [0.25, 0.3) is 0 Å². The molecule has 3 rings (SSSR count). The number of rotatable bonds is 3. The Bertz CT molecular complexity index is 718. The number of hydrogen-bond donors (Lipinski definition) is 1. The van der Waals surface area contributed by atoms with Gasteiger partial charge in [-0.25, -0.2) is 0 Å². The zero-order valence-corrected chi connectivity index (χ0v) is 12.7. The predicted octanol–water partition coefficient (Wildman–Crippen LogP) is 3.72. The first-order valence-electron chi connectivity index (χ1n) is 7.30. The highest BCUT2D eigenvalue weighted by atomic mass is 35.5. The number of halogens is 1. The van der Waals surface area contributed by atoms with E-state index in [0.717, 1.165) is 18.5 Å². The largest absolute Gasteiger partial charge is 0.481 e. The van der Waals surface area contributed by atoms with Crippen LogP contribution in [0.25, 0.3) is 0 Å². The molecule has 0 fully saturated rings. The second-order valence-electron chi connectivity index (χ2n) is 5.52. The molecular formula is C17H16ClNO3. The van der Waals surface area contributed by atoms with Crippen LogP contribution in [0.3, 0.4) is 0 Å². The molecule has 0 amide bonds. The van der Waals surface area contributed by atoms with Crippen molar-refractivity contribution in [3.05, 3.63) is 58.4 Å². The maximum absolute atomic E-state index is 12.7. The van der Waals surface area contributed by atoms with Gasteiger partial charge in [0.1, 0.15) is 0 Å². The van der Waals surface area contributed by atoms with Gasteiger partial charge >= 0.3 is 5.97 Å². The van der Waals surface area contributed by atoms with Crippen LogP contribution in [0.1, 0.15) is 46.9 Å². The molecule has 0 bridgehead atoms. The number of carbonyl (C=O) groups is 2. The molecule has 4 nitrogen and oxygen atoms in total. The lowest BCUT2D eigenvalue weighted by molar-refractivity contribution is -0.139. The van der Waals surface area contributed by atoms with Crippen LogP contribution in [0.15, 0.2) is 36.4 Å². The first-order chi connectivity index (χ1) is 10.6. The number of benzene rings is 1. The van der Waals surface area contributed by atoms with Crippen molar-refractivity contribution in [1.29, 1.82) is 0 Å². The Labute approximate surface area is 133 Å². The third-order valence-electron chi connectivity index (χ3n) is 4.13. The summed E-state index contributed by atoms with van der Waals surface area (Å²) in [6.07, 6.45) is 2.35. The van der Waals surface area contributed by atoms with Crippen LogP contribution in [0.4, 0.5) is 0 Å². The summed E-state index contributed by atoms with van der Waals surface area (Å²) in [5, 5.41) is 9.97. The molecule has 0 saturated carbocycles. The summed E-state index contributed by atoms with van der Waals surface area (Å²) in [5.41, 5.74) is 1.83. The van der Waals surface area contributed by atoms with E-state index in [4.69, 9.17) is 11.6 Å². The van der Waals surface area contributed by atoms with Crippen LogP contribution < -0.4 is 0 Å². The van der Waals surface area contributed by atoms with Gasteiger partial charge in [-0.2, -0.15) is 0 Å². The number of fused-ring (bicyclic) bond motifs is 1. The van der Waals surface area contributed by atoms with E-state index in [1.807, 2.05) is 4.57 Å². The van der Waals surface area contributed by atoms with E-state index < -0.39 is 11.9 Å². The van der Waals surface area contributed by atoms with Crippen LogP contribution in [-0.2, 0) is 11.3 Å². The first kappa shape index (κ1) is 14.9. The normalized spacial score (nSPS) is 17.6. The van der Waals surface area contributed by atoms with Crippen molar-refractivity contribution in [2.24, 2.45) is 0 Å². The Morgan fingerprint density at radius 1 is 1.09 bits per heavy atom. The van der Waals surface area contributed by atoms with E-state index in [-0.39, 0.29) is 5.78 Å². The minimum absolute atomic E-state index is 0.103. The zero-order valence-electron chi connectivity index (χ0n) is 12.0. The third-order valence-corrected chi connectivity index (χ3v) is 4.39. The molecule has 1 unspecified atom stereocenters. The number of carboxylic acids is 1. The number of carboxylic acid groups (broad SMARTS) is 1. The summed E-state index contributed by atoms with van der Waals surface area (Å²) in [6.45, 7) is 0.681. The fourth-order valence-electron chi connectivity index (χ4n) is 3.00. The maximum atomic E-state index is 12.7. The van der Waals surface area contributed by atoms with Gasteiger partial charge in [0.2, 0.25) is 5.78 Å². The molecule has 1 aromatic carbocycles. The summed E-state index contributed by atoms with van der Waals surface area (Å²) >= 11 is 5.85. The number of aromatic nitrogens is 1. The standard InChI is InChI=1S/C17H16ClNO3/c18-12-6-4-11(5-7-12)16(20)15-9-8-14-13(17(21)22)3-1-2-10-19(14)15/h4-9,13H,1-3,10H2,(H,21,22). The summed E-state index contributed by atoms with van der Waals surface area (Å²) in [4.78, 5) is 24.1. The van der Waals surface area contributed by atoms with Crippen molar-refractivity contribution in [2.75, 3.05) is 0 Å². The molecule has 1 N–H and O–H groups in total. The minimum Gasteiger partial charge on any atom is -0.481 e. The Kier molecular flexibility index (Phi) is 4.03. The molecular weight excluding hydrogens is 302 g/mol. The summed E-state index contributed by atoms with van der Waals surface area (Å²) < 4.78 is 1.86. The molecule has 1 aromatic heterocycles. The monoisotopic (exact) mass is 317 g/mol.